The van der Waals surface area contributed by atoms with E-state index in [1.54, 1.807) is 39.1 Å². The van der Waals surface area contributed by atoms with E-state index in [0.717, 1.165) is 6.29 Å². The molecule has 82 valence electrons. The fraction of sp³-hybridized carbons (Fsp3) is 0.333. The van der Waals surface area contributed by atoms with Crippen LogP contribution in [0.5, 0.6) is 0 Å². The number of amides is 1. The van der Waals surface area contributed by atoms with Crippen molar-refractivity contribution < 1.29 is 9.59 Å². The van der Waals surface area contributed by atoms with Crippen molar-refractivity contribution in [2.45, 2.75) is 19.3 Å². The molecule has 0 bridgehead atoms. The summed E-state index contributed by atoms with van der Waals surface area (Å²) in [5.74, 6) is -0.152. The predicted octanol–water partition coefficient (Wildman–Crippen LogP) is 0.316. The van der Waals surface area contributed by atoms with Crippen molar-refractivity contribution in [1.82, 2.24) is 5.32 Å². The minimum Gasteiger partial charge on any atom is -0.358 e. The summed E-state index contributed by atoms with van der Waals surface area (Å²) in [6.07, 6.45) is 0.736. The third kappa shape index (κ3) is 2.16. The third-order valence-electron chi connectivity index (χ3n) is 2.67. The molecular formula is C12H14BNO2. The molecule has 0 atom stereocenters. The third-order valence-corrected chi connectivity index (χ3v) is 2.67. The standard InChI is InChI=1S/C12H14BNO2/c1-12(2,11(16)14-3)10-6-9(13)5-4-8(10)7-15/h4-7H,1-3H3,(H,14,16). The summed E-state index contributed by atoms with van der Waals surface area (Å²) >= 11 is 0. The molecule has 3 nitrogen and oxygen atoms in total. The minimum absolute atomic E-state index is 0.152. The first kappa shape index (κ1) is 12.5. The van der Waals surface area contributed by atoms with Crippen LogP contribution in [0.3, 0.4) is 0 Å². The molecule has 0 aliphatic rings. The van der Waals surface area contributed by atoms with Crippen molar-refractivity contribution in [3.63, 3.8) is 0 Å². The van der Waals surface area contributed by atoms with E-state index in [0.29, 0.717) is 16.6 Å². The van der Waals surface area contributed by atoms with Gasteiger partial charge in [0.1, 0.15) is 14.1 Å². The van der Waals surface area contributed by atoms with Gasteiger partial charge in [0.25, 0.3) is 0 Å². The van der Waals surface area contributed by atoms with Crippen LogP contribution in [0.2, 0.25) is 0 Å². The largest absolute Gasteiger partial charge is 0.358 e. The first-order chi connectivity index (χ1) is 7.43. The Bertz CT molecular complexity index is 427. The Morgan fingerprint density at radius 2 is 2.06 bits per heavy atom. The summed E-state index contributed by atoms with van der Waals surface area (Å²) in [6.45, 7) is 3.52. The molecule has 0 aromatic heterocycles. The van der Waals surface area contributed by atoms with Crippen molar-refractivity contribution >= 4 is 25.5 Å². The first-order valence-corrected chi connectivity index (χ1v) is 5.01. The Morgan fingerprint density at radius 1 is 1.44 bits per heavy atom. The van der Waals surface area contributed by atoms with Crippen LogP contribution in [0.25, 0.3) is 0 Å². The van der Waals surface area contributed by atoms with E-state index >= 15 is 0 Å². The Morgan fingerprint density at radius 3 is 2.56 bits per heavy atom. The molecule has 1 aromatic carbocycles. The first-order valence-electron chi connectivity index (χ1n) is 5.01. The average Bonchev–Trinajstić information content (AvgIpc) is 2.27. The summed E-state index contributed by atoms with van der Waals surface area (Å²) in [6, 6.07) is 4.94. The number of hydrogen-bond donors (Lipinski definition) is 1. The number of benzene rings is 1. The zero-order chi connectivity index (χ0) is 12.3. The fourth-order valence-corrected chi connectivity index (χ4v) is 1.65. The van der Waals surface area contributed by atoms with Crippen LogP contribution in [0.15, 0.2) is 18.2 Å². The summed E-state index contributed by atoms with van der Waals surface area (Å²) < 4.78 is 0. The maximum atomic E-state index is 11.7. The van der Waals surface area contributed by atoms with E-state index in [2.05, 4.69) is 5.32 Å². The van der Waals surface area contributed by atoms with Gasteiger partial charge < -0.3 is 5.32 Å². The van der Waals surface area contributed by atoms with Crippen LogP contribution in [-0.2, 0) is 10.2 Å². The van der Waals surface area contributed by atoms with Gasteiger partial charge in [0.15, 0.2) is 0 Å². The van der Waals surface area contributed by atoms with Gasteiger partial charge in [-0.1, -0.05) is 23.7 Å². The molecule has 1 N–H and O–H groups in total. The number of carbonyl (C=O) groups excluding carboxylic acids is 2. The molecule has 0 saturated heterocycles. The van der Waals surface area contributed by atoms with E-state index < -0.39 is 5.41 Å². The molecule has 0 unspecified atom stereocenters. The molecule has 4 heteroatoms. The molecule has 0 aliphatic carbocycles. The maximum absolute atomic E-state index is 11.7. The van der Waals surface area contributed by atoms with Crippen molar-refractivity contribution in [2.75, 3.05) is 7.05 Å². The second-order valence-corrected chi connectivity index (χ2v) is 4.17. The van der Waals surface area contributed by atoms with Gasteiger partial charge in [-0.2, -0.15) is 0 Å². The number of likely N-dealkylation sites (N-methyl/N-ethyl adjacent to an activating group) is 1. The Labute approximate surface area is 96.6 Å². The SMILES string of the molecule is [B]c1ccc(C=O)c(C(C)(C)C(=O)NC)c1. The van der Waals surface area contributed by atoms with Gasteiger partial charge in [-0.25, -0.2) is 0 Å². The Hall–Kier alpha value is -1.58. The summed E-state index contributed by atoms with van der Waals surface area (Å²) in [7, 11) is 7.24. The van der Waals surface area contributed by atoms with E-state index in [9.17, 15) is 9.59 Å². The van der Waals surface area contributed by atoms with Crippen molar-refractivity contribution in [2.24, 2.45) is 0 Å². The van der Waals surface area contributed by atoms with Gasteiger partial charge >= 0.3 is 0 Å². The van der Waals surface area contributed by atoms with E-state index in [-0.39, 0.29) is 5.91 Å². The number of nitrogens with one attached hydrogen (secondary N) is 1. The van der Waals surface area contributed by atoms with Crippen LogP contribution >= 0.6 is 0 Å². The molecule has 1 rings (SSSR count). The summed E-state index contributed by atoms with van der Waals surface area (Å²) in [5.41, 5.74) is 0.891. The molecule has 1 aromatic rings. The number of hydrogen-bond acceptors (Lipinski definition) is 2. The van der Waals surface area contributed by atoms with Crippen LogP contribution in [-0.4, -0.2) is 27.1 Å². The predicted molar refractivity (Wildman–Crippen MR) is 64.3 cm³/mol. The molecular weight excluding hydrogens is 201 g/mol. The van der Waals surface area contributed by atoms with E-state index in [4.69, 9.17) is 7.85 Å². The van der Waals surface area contributed by atoms with Gasteiger partial charge in [-0.3, -0.25) is 9.59 Å². The molecule has 0 saturated carbocycles. The van der Waals surface area contributed by atoms with Gasteiger partial charge in [-0.05, 0) is 19.4 Å². The Kier molecular flexibility index (Phi) is 3.53. The van der Waals surface area contributed by atoms with E-state index in [1.165, 1.54) is 0 Å². The monoisotopic (exact) mass is 215 g/mol. The molecule has 0 heterocycles. The van der Waals surface area contributed by atoms with Crippen LogP contribution < -0.4 is 10.8 Å². The van der Waals surface area contributed by atoms with Crippen LogP contribution in [0.1, 0.15) is 29.8 Å². The normalized spacial score (nSPS) is 10.9. The van der Waals surface area contributed by atoms with Gasteiger partial charge in [0, 0.05) is 12.6 Å². The van der Waals surface area contributed by atoms with Gasteiger partial charge in [-0.15, -0.1) is 0 Å². The highest BCUT2D eigenvalue weighted by atomic mass is 16.2. The smallest absolute Gasteiger partial charge is 0.229 e. The zero-order valence-electron chi connectivity index (χ0n) is 9.70. The van der Waals surface area contributed by atoms with E-state index in [1.807, 2.05) is 0 Å². The lowest BCUT2D eigenvalue weighted by atomic mass is 9.78. The quantitative estimate of drug-likeness (QED) is 0.582. The minimum atomic E-state index is -0.777. The lowest BCUT2D eigenvalue weighted by Crippen LogP contribution is -2.39. The van der Waals surface area contributed by atoms with Gasteiger partial charge in [0.2, 0.25) is 5.91 Å². The highest BCUT2D eigenvalue weighted by Gasteiger charge is 2.30. The topological polar surface area (TPSA) is 46.2 Å². The number of aldehydes is 1. The molecule has 0 fully saturated rings. The van der Waals surface area contributed by atoms with Crippen LogP contribution in [0.4, 0.5) is 0 Å². The fourth-order valence-electron chi connectivity index (χ4n) is 1.65. The maximum Gasteiger partial charge on any atom is 0.229 e. The Balaban J connectivity index is 3.35. The highest BCUT2D eigenvalue weighted by molar-refractivity contribution is 6.32. The number of carbonyl (C=O) groups is 2. The van der Waals surface area contributed by atoms with Crippen molar-refractivity contribution in [1.29, 1.82) is 0 Å². The highest BCUT2D eigenvalue weighted by Crippen LogP contribution is 2.25. The molecule has 2 radical (unpaired) electrons. The molecule has 16 heavy (non-hydrogen) atoms. The zero-order valence-corrected chi connectivity index (χ0v) is 9.70. The molecule has 1 amide bonds. The lowest BCUT2D eigenvalue weighted by molar-refractivity contribution is -0.125. The molecule has 0 spiro atoms. The summed E-state index contributed by atoms with van der Waals surface area (Å²) in [5, 5.41) is 2.58. The average molecular weight is 215 g/mol. The summed E-state index contributed by atoms with van der Waals surface area (Å²) in [4.78, 5) is 22.7. The van der Waals surface area contributed by atoms with Crippen LogP contribution in [0, 0.1) is 0 Å². The number of rotatable bonds is 3. The van der Waals surface area contributed by atoms with Crippen molar-refractivity contribution in [3.05, 3.63) is 29.3 Å². The van der Waals surface area contributed by atoms with Crippen molar-refractivity contribution in [3.8, 4) is 0 Å². The second-order valence-electron chi connectivity index (χ2n) is 4.17. The lowest BCUT2D eigenvalue weighted by Gasteiger charge is -2.25. The molecule has 0 aliphatic heterocycles. The second kappa shape index (κ2) is 4.52. The van der Waals surface area contributed by atoms with Gasteiger partial charge in [0.05, 0.1) is 5.41 Å².